The molecule has 0 rings (SSSR count). The Morgan fingerprint density at radius 2 is 2.00 bits per heavy atom. The first-order valence-corrected chi connectivity index (χ1v) is 4.15. The SMILES string of the molecule is CC(C#N)CC([SiH3])C#N. The Bertz CT molecular complexity index is 135. The standard InChI is InChI=1S/C6H10N2Si/c1-5(3-7)2-6(9)4-8/h5-6H,2H2,1,9H3. The zero-order valence-corrected chi connectivity index (χ0v) is 7.76. The summed E-state index contributed by atoms with van der Waals surface area (Å²) in [6, 6.07) is 4.24. The second kappa shape index (κ2) is 4.11. The molecule has 0 saturated heterocycles. The molecule has 0 aromatic heterocycles. The summed E-state index contributed by atoms with van der Waals surface area (Å²) in [7, 11) is 0.880. The molecule has 0 bridgehead atoms. The van der Waals surface area contributed by atoms with Gasteiger partial charge in [-0.15, -0.1) is 0 Å². The van der Waals surface area contributed by atoms with Crippen molar-refractivity contribution in [3.63, 3.8) is 0 Å². The third kappa shape index (κ3) is 3.75. The fourth-order valence-corrected chi connectivity index (χ4v) is 1.34. The minimum Gasteiger partial charge on any atom is -0.198 e. The molecule has 0 heterocycles. The van der Waals surface area contributed by atoms with Gasteiger partial charge in [0.05, 0.1) is 12.1 Å². The largest absolute Gasteiger partial charge is 0.198 e. The van der Waals surface area contributed by atoms with Crippen LogP contribution in [-0.2, 0) is 0 Å². The summed E-state index contributed by atoms with van der Waals surface area (Å²) in [5.74, 6) is 0.0483. The van der Waals surface area contributed by atoms with Gasteiger partial charge in [0.2, 0.25) is 0 Å². The maximum Gasteiger partial charge on any atom is 0.0653 e. The molecule has 2 atom stereocenters. The molecule has 0 saturated carbocycles. The predicted molar refractivity (Wildman–Crippen MR) is 38.7 cm³/mol. The number of nitrogens with zero attached hydrogens (tertiary/aromatic N) is 2. The molecule has 2 nitrogen and oxygen atoms in total. The van der Waals surface area contributed by atoms with Crippen LogP contribution in [0.2, 0.25) is 5.54 Å². The molecule has 0 N–H and O–H groups in total. The molecule has 0 aliphatic heterocycles. The van der Waals surface area contributed by atoms with E-state index >= 15 is 0 Å². The van der Waals surface area contributed by atoms with Crippen molar-refractivity contribution in [3.8, 4) is 12.1 Å². The highest BCUT2D eigenvalue weighted by atomic mass is 28.1. The van der Waals surface area contributed by atoms with E-state index in [1.54, 1.807) is 0 Å². The lowest BCUT2D eigenvalue weighted by atomic mass is 10.1. The van der Waals surface area contributed by atoms with Crippen molar-refractivity contribution in [1.82, 2.24) is 0 Å². The number of hydrogen-bond donors (Lipinski definition) is 0. The number of rotatable bonds is 2. The van der Waals surface area contributed by atoms with E-state index in [-0.39, 0.29) is 11.5 Å². The lowest BCUT2D eigenvalue weighted by Gasteiger charge is -2.00. The smallest absolute Gasteiger partial charge is 0.0653 e. The molecule has 0 fully saturated rings. The summed E-state index contributed by atoms with van der Waals surface area (Å²) in [5, 5.41) is 16.7. The van der Waals surface area contributed by atoms with Gasteiger partial charge < -0.3 is 0 Å². The summed E-state index contributed by atoms with van der Waals surface area (Å²) in [4.78, 5) is 0. The fraction of sp³-hybridized carbons (Fsp3) is 0.667. The minimum atomic E-state index is 0.0483. The van der Waals surface area contributed by atoms with Gasteiger partial charge in [-0.25, -0.2) is 0 Å². The lowest BCUT2D eigenvalue weighted by molar-refractivity contribution is 0.675. The van der Waals surface area contributed by atoms with E-state index in [0.29, 0.717) is 0 Å². The first-order valence-electron chi connectivity index (χ1n) is 3.00. The van der Waals surface area contributed by atoms with E-state index < -0.39 is 0 Å². The molecule has 0 aromatic carbocycles. The Labute approximate surface area is 58.5 Å². The summed E-state index contributed by atoms with van der Waals surface area (Å²) in [6.45, 7) is 1.85. The topological polar surface area (TPSA) is 47.6 Å². The van der Waals surface area contributed by atoms with Gasteiger partial charge in [0.15, 0.2) is 0 Å². The highest BCUT2D eigenvalue weighted by Gasteiger charge is 2.04. The Kier molecular flexibility index (Phi) is 3.75. The van der Waals surface area contributed by atoms with Crippen LogP contribution in [0.25, 0.3) is 0 Å². The number of nitriles is 2. The van der Waals surface area contributed by atoms with E-state index in [1.165, 1.54) is 0 Å². The average molecular weight is 138 g/mol. The van der Waals surface area contributed by atoms with E-state index in [1.807, 2.05) is 6.92 Å². The van der Waals surface area contributed by atoms with E-state index in [0.717, 1.165) is 16.7 Å². The molecule has 0 amide bonds. The highest BCUT2D eigenvalue weighted by molar-refractivity contribution is 6.13. The third-order valence-electron chi connectivity index (χ3n) is 1.15. The van der Waals surface area contributed by atoms with Crippen molar-refractivity contribution >= 4 is 10.2 Å². The minimum absolute atomic E-state index is 0.0483. The second-order valence-electron chi connectivity index (χ2n) is 2.30. The maximum absolute atomic E-state index is 8.35. The van der Waals surface area contributed by atoms with E-state index in [2.05, 4.69) is 12.1 Å². The molecule has 48 valence electrons. The van der Waals surface area contributed by atoms with Crippen molar-refractivity contribution in [3.05, 3.63) is 0 Å². The Morgan fingerprint density at radius 3 is 2.33 bits per heavy atom. The molecule has 9 heavy (non-hydrogen) atoms. The predicted octanol–water partition coefficient (Wildman–Crippen LogP) is 0.214. The van der Waals surface area contributed by atoms with Gasteiger partial charge >= 0.3 is 0 Å². The zero-order chi connectivity index (χ0) is 7.28. The normalized spacial score (nSPS) is 15.4. The van der Waals surface area contributed by atoms with Crippen molar-refractivity contribution < 1.29 is 0 Å². The van der Waals surface area contributed by atoms with Crippen LogP contribution < -0.4 is 0 Å². The first-order chi connectivity index (χ1) is 4.20. The molecular formula is C6H10N2Si. The van der Waals surface area contributed by atoms with Gasteiger partial charge in [-0.1, -0.05) is 0 Å². The molecule has 0 aliphatic carbocycles. The lowest BCUT2D eigenvalue weighted by Crippen LogP contribution is -1.96. The first kappa shape index (κ1) is 8.20. The van der Waals surface area contributed by atoms with E-state index in [9.17, 15) is 0 Å². The van der Waals surface area contributed by atoms with Gasteiger partial charge in [-0.05, 0) is 13.3 Å². The van der Waals surface area contributed by atoms with Crippen LogP contribution in [0.1, 0.15) is 13.3 Å². The van der Waals surface area contributed by atoms with Gasteiger partial charge in [0, 0.05) is 21.7 Å². The summed E-state index contributed by atoms with van der Waals surface area (Å²) in [5.41, 5.74) is 0.152. The number of hydrogen-bond acceptors (Lipinski definition) is 2. The van der Waals surface area contributed by atoms with E-state index in [4.69, 9.17) is 10.5 Å². The van der Waals surface area contributed by atoms with Crippen LogP contribution in [0.3, 0.4) is 0 Å². The van der Waals surface area contributed by atoms with Crippen LogP contribution in [-0.4, -0.2) is 10.2 Å². The highest BCUT2D eigenvalue weighted by Crippen LogP contribution is 2.11. The molecule has 0 radical (unpaired) electrons. The summed E-state index contributed by atoms with van der Waals surface area (Å²) < 4.78 is 0. The summed E-state index contributed by atoms with van der Waals surface area (Å²) in [6.07, 6.45) is 0.749. The van der Waals surface area contributed by atoms with Crippen LogP contribution >= 0.6 is 0 Å². The third-order valence-corrected chi connectivity index (χ3v) is 1.88. The Morgan fingerprint density at radius 1 is 1.44 bits per heavy atom. The van der Waals surface area contributed by atoms with Gasteiger partial charge in [-0.2, -0.15) is 10.5 Å². The van der Waals surface area contributed by atoms with Crippen molar-refractivity contribution in [1.29, 1.82) is 10.5 Å². The molecule has 2 unspecified atom stereocenters. The Hall–Kier alpha value is -0.803. The van der Waals surface area contributed by atoms with Crippen molar-refractivity contribution in [2.24, 2.45) is 5.92 Å². The van der Waals surface area contributed by atoms with Crippen LogP contribution in [0, 0.1) is 28.6 Å². The maximum atomic E-state index is 8.35. The molecule has 3 heteroatoms. The zero-order valence-electron chi connectivity index (χ0n) is 5.76. The quantitative estimate of drug-likeness (QED) is 0.512. The fourth-order valence-electron chi connectivity index (χ4n) is 0.636. The van der Waals surface area contributed by atoms with Crippen LogP contribution in [0.5, 0.6) is 0 Å². The monoisotopic (exact) mass is 138 g/mol. The van der Waals surface area contributed by atoms with Crippen molar-refractivity contribution in [2.75, 3.05) is 0 Å². The average Bonchev–Trinajstić information content (AvgIpc) is 1.87. The van der Waals surface area contributed by atoms with Gasteiger partial charge in [0.25, 0.3) is 0 Å². The summed E-state index contributed by atoms with van der Waals surface area (Å²) >= 11 is 0. The second-order valence-corrected chi connectivity index (χ2v) is 3.69. The molecule has 0 spiro atoms. The molecular weight excluding hydrogens is 128 g/mol. The van der Waals surface area contributed by atoms with Gasteiger partial charge in [0.1, 0.15) is 0 Å². The molecule has 0 aliphatic rings. The van der Waals surface area contributed by atoms with Crippen LogP contribution in [0.4, 0.5) is 0 Å². The Balaban J connectivity index is 3.53. The van der Waals surface area contributed by atoms with Crippen molar-refractivity contribution in [2.45, 2.75) is 18.9 Å². The van der Waals surface area contributed by atoms with Gasteiger partial charge in [-0.3, -0.25) is 0 Å². The van der Waals surface area contributed by atoms with Crippen LogP contribution in [0.15, 0.2) is 0 Å². The molecule has 0 aromatic rings.